The average molecular weight is 491 g/mol. The van der Waals surface area contributed by atoms with Crippen LogP contribution in [0.5, 0.6) is 11.5 Å². The van der Waals surface area contributed by atoms with E-state index in [1.54, 1.807) is 6.26 Å². The van der Waals surface area contributed by atoms with E-state index in [4.69, 9.17) is 13.9 Å². The van der Waals surface area contributed by atoms with Crippen LogP contribution in [0.4, 0.5) is 0 Å². The van der Waals surface area contributed by atoms with Crippen molar-refractivity contribution in [2.75, 3.05) is 19.0 Å². The number of carbonyl (C=O) groups is 1. The fourth-order valence-electron chi connectivity index (χ4n) is 3.92. The highest BCUT2D eigenvalue weighted by atomic mass is 32.2. The van der Waals surface area contributed by atoms with E-state index < -0.39 is 0 Å². The molecule has 1 aliphatic rings. The molecule has 0 saturated carbocycles. The quantitative estimate of drug-likeness (QED) is 0.360. The normalized spacial score (nSPS) is 13.4. The van der Waals surface area contributed by atoms with Crippen molar-refractivity contribution in [3.63, 3.8) is 0 Å². The average Bonchev–Trinajstić information content (AvgIpc) is 3.53. The Balaban J connectivity index is 1.28. The van der Waals surface area contributed by atoms with Crippen molar-refractivity contribution in [1.29, 1.82) is 0 Å². The highest BCUT2D eigenvalue weighted by Crippen LogP contribution is 2.32. The summed E-state index contributed by atoms with van der Waals surface area (Å²) in [5, 5.41) is 12.5. The van der Waals surface area contributed by atoms with Crippen molar-refractivity contribution in [2.24, 2.45) is 0 Å². The third-order valence-corrected chi connectivity index (χ3v) is 6.63. The number of thioether (sulfide) groups is 1. The minimum Gasteiger partial charge on any atom is -0.486 e. The van der Waals surface area contributed by atoms with Crippen molar-refractivity contribution in [1.82, 2.24) is 20.1 Å². The summed E-state index contributed by atoms with van der Waals surface area (Å²) in [6.07, 6.45) is 1.64. The maximum absolute atomic E-state index is 12.8. The number of benzene rings is 2. The maximum atomic E-state index is 12.8. The molecule has 3 heterocycles. The number of ether oxygens (including phenoxy) is 2. The Morgan fingerprint density at radius 2 is 1.94 bits per heavy atom. The second-order valence-corrected chi connectivity index (χ2v) is 9.26. The number of fused-ring (bicyclic) bond motifs is 1. The van der Waals surface area contributed by atoms with Gasteiger partial charge in [0.1, 0.15) is 19.0 Å². The van der Waals surface area contributed by atoms with E-state index in [-0.39, 0.29) is 17.7 Å². The minimum atomic E-state index is -0.178. The smallest absolute Gasteiger partial charge is 0.230 e. The van der Waals surface area contributed by atoms with Crippen LogP contribution < -0.4 is 14.8 Å². The number of nitrogens with zero attached hydrogens (tertiary/aromatic N) is 3. The van der Waals surface area contributed by atoms with E-state index in [1.807, 2.05) is 66.9 Å². The highest BCUT2D eigenvalue weighted by molar-refractivity contribution is 7.99. The first-order chi connectivity index (χ1) is 17.1. The Morgan fingerprint density at radius 1 is 1.09 bits per heavy atom. The largest absolute Gasteiger partial charge is 0.486 e. The fourth-order valence-corrected chi connectivity index (χ4v) is 4.67. The molecule has 4 aromatic rings. The molecule has 180 valence electrons. The first-order valence-electron chi connectivity index (χ1n) is 11.4. The Hall–Kier alpha value is -3.72. The van der Waals surface area contributed by atoms with Gasteiger partial charge in [0.25, 0.3) is 0 Å². The summed E-state index contributed by atoms with van der Waals surface area (Å²) in [4.78, 5) is 12.8. The summed E-state index contributed by atoms with van der Waals surface area (Å²) >= 11 is 1.35. The van der Waals surface area contributed by atoms with Gasteiger partial charge in [0.05, 0.1) is 24.6 Å². The molecule has 8 nitrogen and oxygen atoms in total. The zero-order chi connectivity index (χ0) is 24.2. The SMILES string of the molecule is Cc1cccc(-c2nnc(SCC(=O)N[C@H](C)c3ccc4c(c3)OCCO4)n2Cc2ccco2)c1. The molecule has 0 unspecified atom stereocenters. The van der Waals surface area contributed by atoms with Crippen molar-refractivity contribution in [2.45, 2.75) is 31.6 Å². The molecule has 2 aromatic heterocycles. The molecule has 0 aliphatic carbocycles. The molecule has 1 aliphatic heterocycles. The number of furan rings is 1. The second-order valence-electron chi connectivity index (χ2n) is 8.32. The van der Waals surface area contributed by atoms with Gasteiger partial charge in [0.2, 0.25) is 5.91 Å². The number of aryl methyl sites for hydroxylation is 1. The maximum Gasteiger partial charge on any atom is 0.230 e. The molecule has 0 fully saturated rings. The van der Waals surface area contributed by atoms with Crippen LogP contribution in [0, 0.1) is 6.92 Å². The number of aromatic nitrogens is 3. The van der Waals surface area contributed by atoms with Gasteiger partial charge in [-0.3, -0.25) is 9.36 Å². The summed E-state index contributed by atoms with van der Waals surface area (Å²) in [5.74, 6) is 3.07. The van der Waals surface area contributed by atoms with Crippen molar-refractivity contribution in [3.8, 4) is 22.9 Å². The Labute approximate surface area is 207 Å². The lowest BCUT2D eigenvalue weighted by Crippen LogP contribution is -2.28. The van der Waals surface area contributed by atoms with Crippen LogP contribution in [-0.4, -0.2) is 39.6 Å². The van der Waals surface area contributed by atoms with Gasteiger partial charge in [-0.05, 0) is 49.7 Å². The topological polar surface area (TPSA) is 91.4 Å². The van der Waals surface area contributed by atoms with E-state index in [1.165, 1.54) is 11.8 Å². The van der Waals surface area contributed by atoms with Crippen LogP contribution in [0.25, 0.3) is 11.4 Å². The van der Waals surface area contributed by atoms with Crippen molar-refractivity contribution >= 4 is 17.7 Å². The summed E-state index contributed by atoms with van der Waals surface area (Å²) in [6.45, 7) is 5.53. The van der Waals surface area contributed by atoms with Gasteiger partial charge in [-0.1, -0.05) is 41.6 Å². The van der Waals surface area contributed by atoms with Gasteiger partial charge in [0, 0.05) is 5.56 Å². The molecular weight excluding hydrogens is 464 g/mol. The first-order valence-corrected chi connectivity index (χ1v) is 12.4. The van der Waals surface area contributed by atoms with Gasteiger partial charge < -0.3 is 19.2 Å². The summed E-state index contributed by atoms with van der Waals surface area (Å²) < 4.78 is 18.8. The molecule has 1 atom stereocenters. The van der Waals surface area contributed by atoms with Crippen LogP contribution in [0.2, 0.25) is 0 Å². The van der Waals surface area contributed by atoms with Gasteiger partial charge in [0.15, 0.2) is 22.5 Å². The molecule has 0 spiro atoms. The number of carbonyl (C=O) groups excluding carboxylic acids is 1. The Bertz CT molecular complexity index is 1320. The lowest BCUT2D eigenvalue weighted by atomic mass is 10.1. The van der Waals surface area contributed by atoms with Gasteiger partial charge in [-0.25, -0.2) is 0 Å². The number of rotatable bonds is 8. The molecule has 0 bridgehead atoms. The van der Waals surface area contributed by atoms with E-state index in [0.717, 1.165) is 34.0 Å². The zero-order valence-corrected chi connectivity index (χ0v) is 20.4. The Kier molecular flexibility index (Phi) is 6.76. The molecule has 2 aromatic carbocycles. The predicted molar refractivity (Wildman–Crippen MR) is 133 cm³/mol. The zero-order valence-electron chi connectivity index (χ0n) is 19.6. The van der Waals surface area contributed by atoms with Crippen LogP contribution in [0.3, 0.4) is 0 Å². The van der Waals surface area contributed by atoms with E-state index in [2.05, 4.69) is 21.6 Å². The second kappa shape index (κ2) is 10.3. The minimum absolute atomic E-state index is 0.0953. The number of hydrogen-bond donors (Lipinski definition) is 1. The third kappa shape index (κ3) is 5.35. The molecule has 0 radical (unpaired) electrons. The van der Waals surface area contributed by atoms with Gasteiger partial charge in [-0.15, -0.1) is 10.2 Å². The monoisotopic (exact) mass is 490 g/mol. The van der Waals surface area contributed by atoms with Crippen LogP contribution in [0.1, 0.15) is 29.9 Å². The van der Waals surface area contributed by atoms with Crippen LogP contribution in [0.15, 0.2) is 70.4 Å². The van der Waals surface area contributed by atoms with Crippen LogP contribution in [-0.2, 0) is 11.3 Å². The predicted octanol–water partition coefficient (Wildman–Crippen LogP) is 4.64. The first kappa shape index (κ1) is 23.0. The molecular formula is C26H26N4O4S. The summed E-state index contributed by atoms with van der Waals surface area (Å²) in [5.41, 5.74) is 3.06. The fraction of sp³-hybridized carbons (Fsp3) is 0.269. The molecule has 9 heteroatoms. The number of amides is 1. The highest BCUT2D eigenvalue weighted by Gasteiger charge is 2.19. The standard InChI is InChI=1S/C26H26N4O4S/c1-17-5-3-6-20(13-17)25-28-29-26(30(25)15-21-7-4-10-32-21)35-16-24(31)27-18(2)19-8-9-22-23(14-19)34-12-11-33-22/h3-10,13-14,18H,11-12,15-16H2,1-2H3,(H,27,31)/t18-/m1/s1. The summed E-state index contributed by atoms with van der Waals surface area (Å²) in [6, 6.07) is 17.4. The molecule has 1 N–H and O–H groups in total. The third-order valence-electron chi connectivity index (χ3n) is 5.66. The molecule has 5 rings (SSSR count). The van der Waals surface area contributed by atoms with Crippen molar-refractivity contribution in [3.05, 3.63) is 77.7 Å². The molecule has 0 saturated heterocycles. The van der Waals surface area contributed by atoms with Gasteiger partial charge >= 0.3 is 0 Å². The molecule has 1 amide bonds. The van der Waals surface area contributed by atoms with E-state index >= 15 is 0 Å². The van der Waals surface area contributed by atoms with Crippen LogP contribution >= 0.6 is 11.8 Å². The Morgan fingerprint density at radius 3 is 2.74 bits per heavy atom. The lowest BCUT2D eigenvalue weighted by Gasteiger charge is -2.21. The van der Waals surface area contributed by atoms with Gasteiger partial charge in [-0.2, -0.15) is 0 Å². The number of nitrogens with one attached hydrogen (secondary N) is 1. The lowest BCUT2D eigenvalue weighted by molar-refractivity contribution is -0.119. The number of hydrogen-bond acceptors (Lipinski definition) is 7. The van der Waals surface area contributed by atoms with Crippen molar-refractivity contribution < 1.29 is 18.7 Å². The summed E-state index contributed by atoms with van der Waals surface area (Å²) in [7, 11) is 0. The van der Waals surface area contributed by atoms with E-state index in [9.17, 15) is 4.79 Å². The van der Waals surface area contributed by atoms with E-state index in [0.29, 0.717) is 30.7 Å². The molecule has 35 heavy (non-hydrogen) atoms.